The molecular formula is C26H33N10O6+. The molecule has 1 spiro atoms. The van der Waals surface area contributed by atoms with Crippen LogP contribution in [0.2, 0.25) is 0 Å². The van der Waals surface area contributed by atoms with Crippen molar-refractivity contribution in [2.45, 2.75) is 55.3 Å². The van der Waals surface area contributed by atoms with E-state index < -0.39 is 46.9 Å². The van der Waals surface area contributed by atoms with Crippen LogP contribution in [0.15, 0.2) is 40.1 Å². The van der Waals surface area contributed by atoms with Gasteiger partial charge < -0.3 is 31.3 Å². The minimum Gasteiger partial charge on any atom is -0.492 e. The van der Waals surface area contributed by atoms with Crippen molar-refractivity contribution in [3.63, 3.8) is 0 Å². The number of hydrogen-bond donors (Lipinski definition) is 9. The van der Waals surface area contributed by atoms with Gasteiger partial charge in [-0.25, -0.2) is 15.4 Å². The largest absolute Gasteiger partial charge is 0.492 e. The lowest BCUT2D eigenvalue weighted by Crippen LogP contribution is -2.90. The SMILES string of the molecule is CC1(C)CCOc2c(C(=O)NC3CN4C(N)=N[C@@H](CNC(=O)c5ccc(=O)[nH]n5)[C@@H]5[NH+]=C(N)NC54C3(O)O)cccc21. The van der Waals surface area contributed by atoms with Crippen molar-refractivity contribution in [3.05, 3.63) is 57.5 Å². The predicted molar refractivity (Wildman–Crippen MR) is 147 cm³/mol. The molecule has 222 valence electrons. The molecule has 1 fully saturated rings. The number of guanidine groups is 2. The summed E-state index contributed by atoms with van der Waals surface area (Å²) in [6.07, 6.45) is 0.793. The molecule has 2 amide bonds. The van der Waals surface area contributed by atoms with Gasteiger partial charge in [0, 0.05) is 18.2 Å². The molecule has 4 atom stereocenters. The van der Waals surface area contributed by atoms with Crippen LogP contribution in [0.4, 0.5) is 0 Å². The van der Waals surface area contributed by atoms with E-state index in [-0.39, 0.29) is 41.7 Å². The first-order chi connectivity index (χ1) is 19.8. The summed E-state index contributed by atoms with van der Waals surface area (Å²) in [5.41, 5.74) is 11.2. The van der Waals surface area contributed by atoms with Gasteiger partial charge in [-0.05, 0) is 24.0 Å². The van der Waals surface area contributed by atoms with E-state index in [4.69, 9.17) is 16.2 Å². The van der Waals surface area contributed by atoms with Gasteiger partial charge in [0.05, 0.1) is 18.7 Å². The first-order valence-electron chi connectivity index (χ1n) is 13.5. The summed E-state index contributed by atoms with van der Waals surface area (Å²) >= 11 is 0. The fourth-order valence-corrected chi connectivity index (χ4v) is 6.28. The molecular weight excluding hydrogens is 548 g/mol. The van der Waals surface area contributed by atoms with Crippen molar-refractivity contribution >= 4 is 23.7 Å². The van der Waals surface area contributed by atoms with Gasteiger partial charge in [-0.2, -0.15) is 5.10 Å². The van der Waals surface area contributed by atoms with Crippen LogP contribution < -0.4 is 42.7 Å². The van der Waals surface area contributed by atoms with E-state index in [2.05, 4.69) is 50.0 Å². The quantitative estimate of drug-likeness (QED) is 0.151. The van der Waals surface area contributed by atoms with E-state index in [1.807, 2.05) is 6.07 Å². The summed E-state index contributed by atoms with van der Waals surface area (Å²) < 4.78 is 5.89. The Kier molecular flexibility index (Phi) is 6.16. The Labute approximate surface area is 239 Å². The Balaban J connectivity index is 1.26. The number of fused-ring (bicyclic) bond motifs is 1. The van der Waals surface area contributed by atoms with Crippen molar-refractivity contribution < 1.29 is 29.5 Å². The van der Waals surface area contributed by atoms with E-state index in [1.165, 1.54) is 17.0 Å². The van der Waals surface area contributed by atoms with E-state index in [0.717, 1.165) is 12.0 Å². The van der Waals surface area contributed by atoms with Gasteiger partial charge in [0.25, 0.3) is 23.0 Å². The Morgan fingerprint density at radius 3 is 2.74 bits per heavy atom. The fourth-order valence-electron chi connectivity index (χ4n) is 6.28. The van der Waals surface area contributed by atoms with Crippen LogP contribution in [0.1, 0.15) is 46.7 Å². The zero-order valence-electron chi connectivity index (χ0n) is 23.0. The molecule has 6 rings (SSSR count). The maximum absolute atomic E-state index is 13.6. The molecule has 4 aliphatic heterocycles. The van der Waals surface area contributed by atoms with Crippen molar-refractivity contribution in [1.29, 1.82) is 0 Å². The number of hydrogen-bond acceptors (Lipinski definition) is 12. The molecule has 0 aliphatic carbocycles. The third-order valence-electron chi connectivity index (χ3n) is 8.53. The standard InChI is InChI=1S/C26H32N10O6/c1-24(2)8-9-42-18-12(4-3-5-13(18)24)20(38)31-16-11-36-23(28)30-15(10-29-21(39)14-6-7-17(37)35-34-14)19-25(36,26(16,40)41)33-22(27)32-19/h3-7,15-16,19,40-41H,8-11H2,1-2H3,(H2,28,30)(H,29,39)(H,31,38)(H,35,37)(H3,27,32,33)/p+1/t15-,16?,19-,25?/m0/s1. The van der Waals surface area contributed by atoms with Crippen molar-refractivity contribution in [2.75, 3.05) is 19.7 Å². The maximum Gasteiger partial charge on any atom is 0.343 e. The average molecular weight is 582 g/mol. The number of amides is 2. The highest BCUT2D eigenvalue weighted by Gasteiger charge is 2.76. The van der Waals surface area contributed by atoms with Crippen LogP contribution in [0.25, 0.3) is 0 Å². The number of nitrogens with one attached hydrogen (secondary N) is 5. The Hall–Kier alpha value is -4.70. The monoisotopic (exact) mass is 581 g/mol. The second kappa shape index (κ2) is 9.42. The Bertz CT molecular complexity index is 1560. The number of aliphatic hydroxyl groups is 2. The smallest absolute Gasteiger partial charge is 0.343 e. The van der Waals surface area contributed by atoms with E-state index in [0.29, 0.717) is 12.4 Å². The van der Waals surface area contributed by atoms with Crippen LogP contribution in [0.3, 0.4) is 0 Å². The molecule has 2 unspecified atom stereocenters. The molecule has 11 N–H and O–H groups in total. The lowest BCUT2D eigenvalue weighted by Gasteiger charge is -2.46. The first-order valence-corrected chi connectivity index (χ1v) is 13.5. The Morgan fingerprint density at radius 2 is 2.00 bits per heavy atom. The van der Waals surface area contributed by atoms with Crippen molar-refractivity contribution in [2.24, 2.45) is 16.5 Å². The number of para-hydroxylation sites is 1. The molecule has 1 aromatic carbocycles. The van der Waals surface area contributed by atoms with Gasteiger partial charge in [0.1, 0.15) is 23.5 Å². The summed E-state index contributed by atoms with van der Waals surface area (Å²) in [6.45, 7) is 4.39. The minimum absolute atomic E-state index is 0.0277. The van der Waals surface area contributed by atoms with Gasteiger partial charge in [-0.3, -0.25) is 30.0 Å². The number of H-pyrrole nitrogens is 1. The van der Waals surface area contributed by atoms with Gasteiger partial charge in [0.15, 0.2) is 12.0 Å². The van der Waals surface area contributed by atoms with Crippen LogP contribution in [0.5, 0.6) is 5.75 Å². The summed E-state index contributed by atoms with van der Waals surface area (Å²) in [6, 6.07) is 4.78. The average Bonchev–Trinajstić information content (AvgIpc) is 3.41. The third kappa shape index (κ3) is 4.05. The zero-order valence-corrected chi connectivity index (χ0v) is 23.0. The van der Waals surface area contributed by atoms with E-state index in [1.54, 1.807) is 12.1 Å². The van der Waals surface area contributed by atoms with Gasteiger partial charge in [-0.1, -0.05) is 26.0 Å². The van der Waals surface area contributed by atoms with Gasteiger partial charge in [0.2, 0.25) is 5.79 Å². The molecule has 5 heterocycles. The highest BCUT2D eigenvalue weighted by molar-refractivity contribution is 5.98. The maximum atomic E-state index is 13.6. The second-order valence-electron chi connectivity index (χ2n) is 11.5. The van der Waals surface area contributed by atoms with Gasteiger partial charge in [-0.15, -0.1) is 0 Å². The van der Waals surface area contributed by atoms with E-state index >= 15 is 0 Å². The summed E-state index contributed by atoms with van der Waals surface area (Å²) in [5.74, 6) is -3.33. The van der Waals surface area contributed by atoms with Crippen LogP contribution >= 0.6 is 0 Å². The Morgan fingerprint density at radius 1 is 1.21 bits per heavy atom. The second-order valence-corrected chi connectivity index (χ2v) is 11.5. The van der Waals surface area contributed by atoms with Crippen LogP contribution in [0, 0.1) is 0 Å². The minimum atomic E-state index is -2.63. The molecule has 2 aromatic rings. The molecule has 0 saturated carbocycles. The molecule has 16 nitrogen and oxygen atoms in total. The molecule has 16 heteroatoms. The molecule has 42 heavy (non-hydrogen) atoms. The summed E-state index contributed by atoms with van der Waals surface area (Å²) in [4.78, 5) is 46.4. The number of aromatic amines is 1. The normalized spacial score (nSPS) is 28.2. The highest BCUT2D eigenvalue weighted by Crippen LogP contribution is 2.43. The van der Waals surface area contributed by atoms with Crippen LogP contribution in [-0.2, 0) is 5.41 Å². The topological polar surface area (TPSA) is 247 Å². The highest BCUT2D eigenvalue weighted by atomic mass is 16.5. The number of rotatable bonds is 5. The lowest BCUT2D eigenvalue weighted by atomic mass is 9.79. The molecule has 0 radical (unpaired) electrons. The zero-order chi connectivity index (χ0) is 30.0. The van der Waals surface area contributed by atoms with Crippen LogP contribution in [-0.4, -0.2) is 98.3 Å². The lowest BCUT2D eigenvalue weighted by molar-refractivity contribution is -0.521. The summed E-state index contributed by atoms with van der Waals surface area (Å²) in [7, 11) is 0. The predicted octanol–water partition coefficient (Wildman–Crippen LogP) is -4.88. The molecule has 1 aromatic heterocycles. The van der Waals surface area contributed by atoms with Gasteiger partial charge >= 0.3 is 5.96 Å². The number of benzene rings is 1. The molecule has 1 saturated heterocycles. The number of carbonyl (C=O) groups is 2. The molecule has 4 aliphatic rings. The van der Waals surface area contributed by atoms with E-state index in [9.17, 15) is 24.6 Å². The fraction of sp³-hybridized carbons (Fsp3) is 0.462. The number of ether oxygens (including phenoxy) is 1. The number of aliphatic imine (C=N–C) groups is 1. The molecule has 0 bridgehead atoms. The van der Waals surface area contributed by atoms with Crippen molar-refractivity contribution in [3.8, 4) is 5.75 Å². The number of aromatic nitrogens is 2. The van der Waals surface area contributed by atoms with Crippen molar-refractivity contribution in [1.82, 2.24) is 31.0 Å². The third-order valence-corrected chi connectivity index (χ3v) is 8.53. The summed E-state index contributed by atoms with van der Waals surface area (Å²) in [5, 5.41) is 37.7. The number of carbonyl (C=O) groups excluding carboxylic acids is 2. The number of nitrogens with zero attached hydrogens (tertiary/aromatic N) is 3. The number of nitrogens with two attached hydrogens (primary N) is 2. The first kappa shape index (κ1) is 27.5.